The highest BCUT2D eigenvalue weighted by Crippen LogP contribution is 2.36. The second-order valence-electron chi connectivity index (χ2n) is 14.4. The third-order valence-corrected chi connectivity index (χ3v) is 9.69. The van der Waals surface area contributed by atoms with Crippen LogP contribution < -0.4 is 14.8 Å². The van der Waals surface area contributed by atoms with Gasteiger partial charge >= 0.3 is 0 Å². The van der Waals surface area contributed by atoms with Gasteiger partial charge < -0.3 is 20.1 Å². The summed E-state index contributed by atoms with van der Waals surface area (Å²) in [5.41, 5.74) is 4.83. The van der Waals surface area contributed by atoms with Gasteiger partial charge in [-0.25, -0.2) is 28.1 Å². The van der Waals surface area contributed by atoms with Crippen LogP contribution in [-0.2, 0) is 23.0 Å². The van der Waals surface area contributed by atoms with Crippen molar-refractivity contribution in [2.24, 2.45) is 11.3 Å². The number of carbonyl (C=O) groups excluding carboxylic acids is 1. The molecule has 1 atom stereocenters. The first kappa shape index (κ1) is 36.7. The minimum Gasteiger partial charge on any atom is -0.475 e. The first-order chi connectivity index (χ1) is 23.6. The second kappa shape index (κ2) is 15.1. The van der Waals surface area contributed by atoms with Gasteiger partial charge in [0.15, 0.2) is 0 Å². The Balaban J connectivity index is 1.67. The van der Waals surface area contributed by atoms with Crippen molar-refractivity contribution in [2.75, 3.05) is 29.8 Å². The molecule has 4 bridgehead atoms. The Morgan fingerprint density at radius 1 is 1.08 bits per heavy atom. The number of aryl methyl sites for hydroxylation is 1. The van der Waals surface area contributed by atoms with Gasteiger partial charge in [0, 0.05) is 23.2 Å². The molecule has 3 N–H and O–H groups in total. The third-order valence-electron chi connectivity index (χ3n) is 8.36. The maximum atomic E-state index is 14.4. The van der Waals surface area contributed by atoms with Crippen molar-refractivity contribution in [2.45, 2.75) is 78.8 Å². The van der Waals surface area contributed by atoms with Crippen LogP contribution in [0.5, 0.6) is 5.88 Å². The van der Waals surface area contributed by atoms with Crippen molar-refractivity contribution in [3.8, 4) is 17.1 Å². The minimum atomic E-state index is -4.22. The molecule has 2 aromatic heterocycles. The Kier molecular flexibility index (Phi) is 11.1. The number of hydrogen-bond acceptors (Lipinski definition) is 10. The number of carbonyl (C=O) groups is 1. The highest BCUT2D eigenvalue weighted by atomic mass is 32.2. The van der Waals surface area contributed by atoms with Crippen molar-refractivity contribution in [1.82, 2.24) is 24.8 Å². The van der Waals surface area contributed by atoms with Crippen LogP contribution in [0.1, 0.15) is 73.9 Å². The van der Waals surface area contributed by atoms with Crippen molar-refractivity contribution >= 4 is 27.6 Å². The summed E-state index contributed by atoms with van der Waals surface area (Å²) in [5.74, 6) is 0.473. The monoisotopic (exact) mass is 701 g/mol. The Morgan fingerprint density at radius 3 is 2.48 bits per heavy atom. The Morgan fingerprint density at radius 2 is 1.80 bits per heavy atom. The van der Waals surface area contributed by atoms with Crippen LogP contribution in [0.25, 0.3) is 11.3 Å². The van der Waals surface area contributed by atoms with Crippen LogP contribution in [0.4, 0.5) is 11.6 Å². The summed E-state index contributed by atoms with van der Waals surface area (Å²) in [6.45, 7) is 14.9. The van der Waals surface area contributed by atoms with Gasteiger partial charge in [-0.2, -0.15) is 4.98 Å². The maximum absolute atomic E-state index is 14.4. The molecule has 0 spiro atoms. The van der Waals surface area contributed by atoms with Gasteiger partial charge in [0.1, 0.15) is 12.4 Å². The van der Waals surface area contributed by atoms with Crippen LogP contribution in [-0.4, -0.2) is 70.1 Å². The molecule has 13 heteroatoms. The quantitative estimate of drug-likeness (QED) is 0.195. The summed E-state index contributed by atoms with van der Waals surface area (Å²) in [6.07, 6.45) is 4.55. The zero-order chi connectivity index (χ0) is 36.2. The van der Waals surface area contributed by atoms with E-state index in [0.29, 0.717) is 41.7 Å². The largest absolute Gasteiger partial charge is 0.475 e. The summed E-state index contributed by atoms with van der Waals surface area (Å²) in [7, 11) is -4.22. The molecule has 1 amide bonds. The lowest BCUT2D eigenvalue weighted by molar-refractivity contribution is 0.0504. The lowest BCUT2D eigenvalue weighted by atomic mass is 9.87. The predicted octanol–water partition coefficient (Wildman–Crippen LogP) is 5.79. The van der Waals surface area contributed by atoms with Crippen LogP contribution in [0.2, 0.25) is 0 Å². The summed E-state index contributed by atoms with van der Waals surface area (Å²) in [5, 5.41) is 12.2. The topological polar surface area (TPSA) is 160 Å². The van der Waals surface area contributed by atoms with Gasteiger partial charge in [-0.3, -0.25) is 4.79 Å². The molecule has 0 saturated heterocycles. The fraction of sp³-hybridized carbons (Fsp3) is 0.432. The molecule has 0 saturated carbocycles. The van der Waals surface area contributed by atoms with E-state index in [9.17, 15) is 13.2 Å². The fourth-order valence-corrected chi connectivity index (χ4v) is 7.12. The molecule has 5 rings (SSSR count). The van der Waals surface area contributed by atoms with Crippen LogP contribution in [0.15, 0.2) is 59.8 Å². The highest BCUT2D eigenvalue weighted by molar-refractivity contribution is 7.92. The van der Waals surface area contributed by atoms with Gasteiger partial charge in [0.25, 0.3) is 15.9 Å². The average Bonchev–Trinajstić information content (AvgIpc) is 3.05. The maximum Gasteiger partial charge on any atom is 0.264 e. The number of ether oxygens (including phenoxy) is 1. The molecule has 266 valence electrons. The van der Waals surface area contributed by atoms with E-state index in [4.69, 9.17) is 14.8 Å². The number of benzene rings is 2. The molecule has 0 fully saturated rings. The van der Waals surface area contributed by atoms with Gasteiger partial charge in [0.05, 0.1) is 47.9 Å². The van der Waals surface area contributed by atoms with Crippen molar-refractivity contribution < 1.29 is 23.1 Å². The van der Waals surface area contributed by atoms with Crippen LogP contribution in [0.3, 0.4) is 0 Å². The van der Waals surface area contributed by atoms with Gasteiger partial charge in [-0.15, -0.1) is 0 Å². The van der Waals surface area contributed by atoms with E-state index in [1.165, 1.54) is 12.1 Å². The van der Waals surface area contributed by atoms with Gasteiger partial charge in [-0.1, -0.05) is 58.9 Å². The molecule has 12 nitrogen and oxygen atoms in total. The smallest absolute Gasteiger partial charge is 0.264 e. The highest BCUT2D eigenvalue weighted by Gasteiger charge is 2.32. The summed E-state index contributed by atoms with van der Waals surface area (Å²) < 4.78 is 36.7. The number of anilines is 2. The average molecular weight is 702 g/mol. The summed E-state index contributed by atoms with van der Waals surface area (Å²) in [6, 6.07) is 11.6. The predicted molar refractivity (Wildman–Crippen MR) is 194 cm³/mol. The molecular weight excluding hydrogens is 655 g/mol. The van der Waals surface area contributed by atoms with E-state index in [1.807, 2.05) is 26.0 Å². The molecule has 0 radical (unpaired) electrons. The molecular formula is C37H47N7O5S. The van der Waals surface area contributed by atoms with E-state index in [0.717, 1.165) is 23.1 Å². The first-order valence-corrected chi connectivity index (χ1v) is 18.3. The fourth-order valence-electron chi connectivity index (χ4n) is 6.13. The lowest BCUT2D eigenvalue weighted by Crippen LogP contribution is -2.45. The van der Waals surface area contributed by atoms with E-state index in [-0.39, 0.29) is 47.5 Å². The molecule has 1 aliphatic rings. The van der Waals surface area contributed by atoms with Gasteiger partial charge in [0.2, 0.25) is 11.8 Å². The molecule has 0 aliphatic carbocycles. The zero-order valence-corrected chi connectivity index (χ0v) is 30.6. The number of aliphatic hydroxyl groups excluding tert-OH is 1. The molecule has 0 unspecified atom stereocenters. The normalized spacial score (nSPS) is 16.1. The van der Waals surface area contributed by atoms with Crippen LogP contribution >= 0.6 is 0 Å². The molecule has 50 heavy (non-hydrogen) atoms. The molecule has 2 aromatic carbocycles. The van der Waals surface area contributed by atoms with E-state index in [1.54, 1.807) is 29.4 Å². The summed E-state index contributed by atoms with van der Waals surface area (Å²) in [4.78, 5) is 34.3. The second-order valence-corrected chi connectivity index (χ2v) is 16.0. The number of nitrogens with one attached hydrogen (secondary N) is 2. The van der Waals surface area contributed by atoms with Crippen molar-refractivity contribution in [3.05, 3.63) is 82.9 Å². The Bertz CT molecular complexity index is 1940. The number of amides is 1. The van der Waals surface area contributed by atoms with Crippen LogP contribution in [0, 0.1) is 25.2 Å². The van der Waals surface area contributed by atoms with Gasteiger partial charge in [-0.05, 0) is 67.3 Å². The Hall–Kier alpha value is -4.62. The van der Waals surface area contributed by atoms with E-state index >= 15 is 0 Å². The SMILES string of the molecule is Cc1cccc(CC(C)C)c1-c1nc2nc(c1C)OC[C@@H](CC(C)(C)C)N(Cc1ncc(NCCO)cn1)C(=O)c1cccc(c1)S(=O)(=O)N2. The molecule has 1 aliphatic heterocycles. The van der Waals surface area contributed by atoms with Crippen molar-refractivity contribution in [1.29, 1.82) is 0 Å². The molecule has 4 aromatic rings. The standard InChI is InChI=1S/C37H47N7O5S/c1-23(2)16-26-11-8-10-24(3)32(26)33-25(4)34-42-36(41-33)43-50(47,48)30-13-9-12-27(17-30)35(46)44(29(22-49-34)18-37(5,6)7)21-31-39-19-28(20-40-31)38-14-15-45/h8-13,17,19-20,23,29,38,45H,14-16,18,21-22H2,1-7H3,(H,41,42,43)/t29-/m1/s1. The molecule has 3 heterocycles. The number of hydrogen-bond donors (Lipinski definition) is 3. The zero-order valence-electron chi connectivity index (χ0n) is 29.8. The number of fused-ring (bicyclic) bond motifs is 4. The third kappa shape index (κ3) is 8.75. The number of aromatic nitrogens is 4. The Labute approximate surface area is 294 Å². The number of aliphatic hydroxyl groups is 1. The van der Waals surface area contributed by atoms with Crippen molar-refractivity contribution in [3.63, 3.8) is 0 Å². The number of nitrogens with zero attached hydrogens (tertiary/aromatic N) is 5. The minimum absolute atomic E-state index is 0.0400. The van der Waals surface area contributed by atoms with E-state index < -0.39 is 22.0 Å². The first-order valence-electron chi connectivity index (χ1n) is 16.8. The lowest BCUT2D eigenvalue weighted by Gasteiger charge is -2.35. The number of rotatable bonds is 9. The van der Waals surface area contributed by atoms with E-state index in [2.05, 4.69) is 65.7 Å². The summed E-state index contributed by atoms with van der Waals surface area (Å²) >= 11 is 0. The number of sulfonamides is 1.